The normalized spacial score (nSPS) is 18.2. The summed E-state index contributed by atoms with van der Waals surface area (Å²) in [6.07, 6.45) is 2.67. The smallest absolute Gasteiger partial charge is 0.250 e. The van der Waals surface area contributed by atoms with Crippen LogP contribution in [0.2, 0.25) is 0 Å². The summed E-state index contributed by atoms with van der Waals surface area (Å²) in [4.78, 5) is 18.5. The maximum absolute atomic E-state index is 12.4. The molecule has 1 unspecified atom stereocenters. The summed E-state index contributed by atoms with van der Waals surface area (Å²) in [6.45, 7) is 3.48. The van der Waals surface area contributed by atoms with Crippen LogP contribution in [-0.2, 0) is 21.2 Å². The molecule has 26 heavy (non-hydrogen) atoms. The maximum Gasteiger partial charge on any atom is 0.250 e. The number of H-pyrrole nitrogens is 1. The number of aryl methyl sites for hydroxylation is 2. The van der Waals surface area contributed by atoms with E-state index >= 15 is 0 Å². The van der Waals surface area contributed by atoms with E-state index in [0.29, 0.717) is 36.0 Å². The van der Waals surface area contributed by atoms with Crippen molar-refractivity contribution in [3.63, 3.8) is 0 Å². The number of aromatic amines is 1. The van der Waals surface area contributed by atoms with E-state index in [1.165, 1.54) is 11.3 Å². The number of sulfonamides is 1. The number of carbonyl (C=O) groups excluding carboxylic acids is 1. The second-order valence-electron chi connectivity index (χ2n) is 6.47. The van der Waals surface area contributed by atoms with Crippen molar-refractivity contribution >= 4 is 27.3 Å². The van der Waals surface area contributed by atoms with Gasteiger partial charge < -0.3 is 4.90 Å². The molecule has 1 saturated heterocycles. The monoisotopic (exact) mass is 397 g/mol. The summed E-state index contributed by atoms with van der Waals surface area (Å²) in [5, 5.41) is 8.56. The second-order valence-corrected chi connectivity index (χ2v) is 9.41. The molecule has 142 valence electrons. The van der Waals surface area contributed by atoms with Crippen molar-refractivity contribution in [1.29, 1.82) is 0 Å². The molecule has 0 radical (unpaired) electrons. The Hall–Kier alpha value is -1.78. The summed E-state index contributed by atoms with van der Waals surface area (Å²) in [6, 6.07) is 3.31. The first kappa shape index (κ1) is 19.0. The highest BCUT2D eigenvalue weighted by atomic mass is 32.2. The van der Waals surface area contributed by atoms with Gasteiger partial charge in [0.2, 0.25) is 15.9 Å². The Bertz CT molecular complexity index is 832. The van der Waals surface area contributed by atoms with Gasteiger partial charge in [-0.15, -0.1) is 11.3 Å². The summed E-state index contributed by atoms with van der Waals surface area (Å²) in [7, 11) is -3.45. The zero-order valence-corrected chi connectivity index (χ0v) is 16.3. The summed E-state index contributed by atoms with van der Waals surface area (Å²) in [5.74, 6) is 1.59. The van der Waals surface area contributed by atoms with Gasteiger partial charge in [-0.1, -0.05) is 6.07 Å². The molecule has 0 saturated carbocycles. The van der Waals surface area contributed by atoms with Crippen molar-refractivity contribution in [2.24, 2.45) is 5.92 Å². The quantitative estimate of drug-likeness (QED) is 0.733. The second kappa shape index (κ2) is 8.28. The molecule has 0 aliphatic carbocycles. The van der Waals surface area contributed by atoms with E-state index in [-0.39, 0.29) is 11.8 Å². The van der Waals surface area contributed by atoms with Crippen LogP contribution in [0.3, 0.4) is 0 Å². The predicted octanol–water partition coefficient (Wildman–Crippen LogP) is 1.32. The highest BCUT2D eigenvalue weighted by Crippen LogP contribution is 2.19. The maximum atomic E-state index is 12.4. The molecular formula is C16H23N5O3S2. The number of rotatable bonds is 7. The predicted molar refractivity (Wildman–Crippen MR) is 98.3 cm³/mol. The molecule has 1 aliphatic rings. The Morgan fingerprint density at radius 1 is 1.50 bits per heavy atom. The average molecular weight is 398 g/mol. The number of piperidine rings is 1. The van der Waals surface area contributed by atoms with Crippen LogP contribution in [-0.4, -0.2) is 54.0 Å². The molecule has 0 bridgehead atoms. The summed E-state index contributed by atoms with van der Waals surface area (Å²) < 4.78 is 27.4. The fraction of sp³-hybridized carbons (Fsp3) is 0.562. The molecule has 0 aromatic carbocycles. The van der Waals surface area contributed by atoms with Gasteiger partial charge in [-0.25, -0.2) is 18.1 Å². The number of nitrogens with one attached hydrogen (secondary N) is 2. The third-order valence-corrected chi connectivity index (χ3v) is 7.22. The van der Waals surface area contributed by atoms with Crippen molar-refractivity contribution in [2.75, 3.05) is 19.6 Å². The van der Waals surface area contributed by atoms with Crippen LogP contribution in [0.15, 0.2) is 21.7 Å². The minimum Gasteiger partial charge on any atom is -0.342 e. The van der Waals surface area contributed by atoms with Crippen molar-refractivity contribution in [1.82, 2.24) is 24.8 Å². The molecule has 1 aliphatic heterocycles. The Balaban J connectivity index is 1.48. The number of aromatic nitrogens is 3. The van der Waals surface area contributed by atoms with E-state index in [9.17, 15) is 13.2 Å². The van der Waals surface area contributed by atoms with Crippen LogP contribution in [0.5, 0.6) is 0 Å². The van der Waals surface area contributed by atoms with Gasteiger partial charge in [0.1, 0.15) is 10.0 Å². The molecule has 1 fully saturated rings. The number of amides is 1. The summed E-state index contributed by atoms with van der Waals surface area (Å²) in [5.41, 5.74) is 0. The van der Waals surface area contributed by atoms with E-state index in [1.807, 2.05) is 11.8 Å². The van der Waals surface area contributed by atoms with Crippen LogP contribution in [0.25, 0.3) is 0 Å². The third-order valence-electron chi connectivity index (χ3n) is 4.40. The van der Waals surface area contributed by atoms with Gasteiger partial charge in [0, 0.05) is 32.5 Å². The fourth-order valence-corrected chi connectivity index (χ4v) is 5.20. The highest BCUT2D eigenvalue weighted by molar-refractivity contribution is 7.91. The number of hydrogen-bond acceptors (Lipinski definition) is 6. The molecule has 1 amide bonds. The van der Waals surface area contributed by atoms with Gasteiger partial charge in [0.25, 0.3) is 0 Å². The van der Waals surface area contributed by atoms with E-state index in [0.717, 1.165) is 25.2 Å². The van der Waals surface area contributed by atoms with E-state index < -0.39 is 10.0 Å². The first-order valence-electron chi connectivity index (χ1n) is 8.63. The molecule has 2 aromatic rings. The van der Waals surface area contributed by atoms with E-state index in [4.69, 9.17) is 0 Å². The zero-order chi connectivity index (χ0) is 18.6. The standard InChI is InChI=1S/C16H23N5O3S2/c1-12-18-14(20-19-12)6-7-15(22)21-8-2-4-13(11-21)10-17-26(23,24)16-5-3-9-25-16/h3,5,9,13,17H,2,4,6-8,10-11H2,1H3,(H,18,19,20). The first-order valence-corrected chi connectivity index (χ1v) is 11.0. The van der Waals surface area contributed by atoms with Crippen LogP contribution in [0, 0.1) is 12.8 Å². The van der Waals surface area contributed by atoms with Gasteiger partial charge in [-0.05, 0) is 37.1 Å². The molecule has 1 atom stereocenters. The molecule has 3 rings (SSSR count). The largest absolute Gasteiger partial charge is 0.342 e. The van der Waals surface area contributed by atoms with Crippen LogP contribution >= 0.6 is 11.3 Å². The average Bonchev–Trinajstić information content (AvgIpc) is 3.30. The summed E-state index contributed by atoms with van der Waals surface area (Å²) >= 11 is 1.20. The lowest BCUT2D eigenvalue weighted by Gasteiger charge is -2.32. The minimum atomic E-state index is -3.45. The Morgan fingerprint density at radius 3 is 3.04 bits per heavy atom. The number of nitrogens with zero attached hydrogens (tertiary/aromatic N) is 3. The SMILES string of the molecule is Cc1nc(CCC(=O)N2CCCC(CNS(=O)(=O)c3cccs3)C2)n[nH]1. The molecule has 3 heterocycles. The van der Waals surface area contributed by atoms with Crippen LogP contribution in [0.4, 0.5) is 0 Å². The van der Waals surface area contributed by atoms with Gasteiger partial charge in [-0.3, -0.25) is 9.89 Å². The van der Waals surface area contributed by atoms with Gasteiger partial charge in [-0.2, -0.15) is 5.10 Å². The molecule has 0 spiro atoms. The van der Waals surface area contributed by atoms with Gasteiger partial charge in [0.15, 0.2) is 5.82 Å². The molecular weight excluding hydrogens is 374 g/mol. The van der Waals surface area contributed by atoms with Crippen molar-refractivity contribution in [3.8, 4) is 0 Å². The number of likely N-dealkylation sites (tertiary alicyclic amines) is 1. The molecule has 2 N–H and O–H groups in total. The van der Waals surface area contributed by atoms with Gasteiger partial charge in [0.05, 0.1) is 0 Å². The number of carbonyl (C=O) groups is 1. The Labute approximate surface area is 157 Å². The Morgan fingerprint density at radius 2 is 2.35 bits per heavy atom. The number of hydrogen-bond donors (Lipinski definition) is 2. The van der Waals surface area contributed by atoms with Crippen molar-refractivity contribution in [2.45, 2.75) is 36.8 Å². The lowest BCUT2D eigenvalue weighted by molar-refractivity contribution is -0.132. The Kier molecular flexibility index (Phi) is 6.05. The number of thiophene rings is 1. The molecule has 2 aromatic heterocycles. The molecule has 10 heteroatoms. The van der Waals surface area contributed by atoms with Crippen molar-refractivity contribution in [3.05, 3.63) is 29.2 Å². The first-order chi connectivity index (χ1) is 12.4. The van der Waals surface area contributed by atoms with Crippen LogP contribution < -0.4 is 4.72 Å². The van der Waals surface area contributed by atoms with E-state index in [2.05, 4.69) is 19.9 Å². The lowest BCUT2D eigenvalue weighted by Crippen LogP contribution is -2.43. The van der Waals surface area contributed by atoms with Crippen LogP contribution in [0.1, 0.15) is 30.9 Å². The molecule has 8 nitrogen and oxygen atoms in total. The highest BCUT2D eigenvalue weighted by Gasteiger charge is 2.25. The fourth-order valence-electron chi connectivity index (χ4n) is 3.05. The zero-order valence-electron chi connectivity index (χ0n) is 14.6. The topological polar surface area (TPSA) is 108 Å². The van der Waals surface area contributed by atoms with E-state index in [1.54, 1.807) is 17.5 Å². The lowest BCUT2D eigenvalue weighted by atomic mass is 9.98. The third kappa shape index (κ3) is 4.89. The van der Waals surface area contributed by atoms with Crippen molar-refractivity contribution < 1.29 is 13.2 Å². The minimum absolute atomic E-state index is 0.0678. The van der Waals surface area contributed by atoms with Gasteiger partial charge >= 0.3 is 0 Å².